The molecule has 2 amide bonds. The molecular weight excluding hydrogens is 369 g/mol. The lowest BCUT2D eigenvalue weighted by Crippen LogP contribution is -2.45. The number of benzene rings is 1. The van der Waals surface area contributed by atoms with E-state index in [-0.39, 0.29) is 23.0 Å². The number of nitrogens with one attached hydrogen (secondary N) is 1. The number of rotatable bonds is 4. The zero-order chi connectivity index (χ0) is 19.5. The van der Waals surface area contributed by atoms with E-state index in [9.17, 15) is 22.8 Å². The molecule has 26 heavy (non-hydrogen) atoms. The normalized spacial score (nSPS) is 17.9. The van der Waals surface area contributed by atoms with E-state index in [0.717, 1.165) is 12.1 Å². The van der Waals surface area contributed by atoms with E-state index in [1.807, 2.05) is 20.8 Å². The molecular formula is C17H21F3N2O3S. The number of anilines is 1. The van der Waals surface area contributed by atoms with Gasteiger partial charge in [-0.1, -0.05) is 20.8 Å². The Morgan fingerprint density at radius 2 is 1.85 bits per heavy atom. The van der Waals surface area contributed by atoms with Crippen molar-refractivity contribution < 1.29 is 27.5 Å². The third kappa shape index (κ3) is 6.12. The van der Waals surface area contributed by atoms with Gasteiger partial charge in [0.1, 0.15) is 11.8 Å². The molecule has 1 aromatic carbocycles. The number of amides is 2. The summed E-state index contributed by atoms with van der Waals surface area (Å²) in [7, 11) is 0. The van der Waals surface area contributed by atoms with Crippen LogP contribution in [0.15, 0.2) is 24.3 Å². The van der Waals surface area contributed by atoms with Gasteiger partial charge in [-0.05, 0) is 29.7 Å². The Morgan fingerprint density at radius 1 is 1.23 bits per heavy atom. The third-order valence-corrected chi connectivity index (χ3v) is 4.55. The van der Waals surface area contributed by atoms with Crippen LogP contribution in [0.25, 0.3) is 0 Å². The maximum Gasteiger partial charge on any atom is 0.573 e. The van der Waals surface area contributed by atoms with Crippen LogP contribution in [0.1, 0.15) is 27.2 Å². The average molecular weight is 390 g/mol. The van der Waals surface area contributed by atoms with Gasteiger partial charge in [-0.3, -0.25) is 9.59 Å². The van der Waals surface area contributed by atoms with Gasteiger partial charge < -0.3 is 15.0 Å². The van der Waals surface area contributed by atoms with E-state index in [4.69, 9.17) is 0 Å². The molecule has 2 rings (SSSR count). The lowest BCUT2D eigenvalue weighted by molar-refractivity contribution is -0.274. The molecule has 1 aliphatic rings. The summed E-state index contributed by atoms with van der Waals surface area (Å²) in [6.45, 7) is 5.86. The molecule has 1 aromatic rings. The Hall–Kier alpha value is -1.90. The molecule has 0 bridgehead atoms. The molecule has 9 heteroatoms. The summed E-state index contributed by atoms with van der Waals surface area (Å²) >= 11 is 1.49. The molecule has 1 saturated heterocycles. The van der Waals surface area contributed by atoms with Crippen LogP contribution < -0.4 is 10.1 Å². The monoisotopic (exact) mass is 390 g/mol. The van der Waals surface area contributed by atoms with Gasteiger partial charge in [0.15, 0.2) is 0 Å². The molecule has 1 N–H and O–H groups in total. The van der Waals surface area contributed by atoms with Crippen LogP contribution in [-0.4, -0.2) is 40.7 Å². The molecule has 0 aromatic heterocycles. The van der Waals surface area contributed by atoms with E-state index in [0.29, 0.717) is 23.7 Å². The second-order valence-electron chi connectivity index (χ2n) is 7.18. The number of carbonyl (C=O) groups is 2. The van der Waals surface area contributed by atoms with Gasteiger partial charge >= 0.3 is 6.36 Å². The third-order valence-electron chi connectivity index (χ3n) is 3.54. The van der Waals surface area contributed by atoms with Crippen LogP contribution in [0.5, 0.6) is 5.75 Å². The first-order valence-corrected chi connectivity index (χ1v) is 9.14. The van der Waals surface area contributed by atoms with E-state index in [1.54, 1.807) is 4.90 Å². The van der Waals surface area contributed by atoms with Gasteiger partial charge in [0.2, 0.25) is 11.8 Å². The molecule has 1 fully saturated rings. The van der Waals surface area contributed by atoms with Gasteiger partial charge in [-0.25, -0.2) is 0 Å². The van der Waals surface area contributed by atoms with Crippen LogP contribution >= 0.6 is 11.8 Å². The number of hydrogen-bond donors (Lipinski definition) is 1. The fraction of sp³-hybridized carbons (Fsp3) is 0.529. The van der Waals surface area contributed by atoms with Gasteiger partial charge in [0.05, 0.1) is 5.88 Å². The Morgan fingerprint density at radius 3 is 2.38 bits per heavy atom. The first kappa shape index (κ1) is 20.4. The summed E-state index contributed by atoms with van der Waals surface area (Å²) in [6, 6.07) is 4.29. The minimum absolute atomic E-state index is 0.0865. The molecule has 0 aliphatic carbocycles. The van der Waals surface area contributed by atoms with Gasteiger partial charge in [0, 0.05) is 17.9 Å². The standard InChI is InChI=1S/C17H21F3N2O3S/c1-16(2,3)8-14(23)22-10-26-9-13(22)15(24)21-11-4-6-12(7-5-11)25-17(18,19)20/h4-7,13H,8-10H2,1-3H3,(H,21,24). The highest BCUT2D eigenvalue weighted by Gasteiger charge is 2.36. The van der Waals surface area contributed by atoms with Crippen LogP contribution in [0.3, 0.4) is 0 Å². The minimum Gasteiger partial charge on any atom is -0.406 e. The molecule has 0 radical (unpaired) electrons. The fourth-order valence-electron chi connectivity index (χ4n) is 2.43. The Balaban J connectivity index is 1.99. The summed E-state index contributed by atoms with van der Waals surface area (Å²) in [5, 5.41) is 2.64. The number of ether oxygens (including phenoxy) is 1. The highest BCUT2D eigenvalue weighted by molar-refractivity contribution is 7.99. The average Bonchev–Trinajstić information content (AvgIpc) is 2.95. The quantitative estimate of drug-likeness (QED) is 0.848. The van der Waals surface area contributed by atoms with Crippen molar-refractivity contribution in [1.29, 1.82) is 0 Å². The van der Waals surface area contributed by atoms with E-state index >= 15 is 0 Å². The number of carbonyl (C=O) groups excluding carboxylic acids is 2. The van der Waals surface area contributed by atoms with E-state index in [2.05, 4.69) is 10.1 Å². The number of nitrogens with zero attached hydrogens (tertiary/aromatic N) is 1. The van der Waals surface area contributed by atoms with Crippen molar-refractivity contribution in [2.24, 2.45) is 5.41 Å². The lowest BCUT2D eigenvalue weighted by Gasteiger charge is -2.26. The van der Waals surface area contributed by atoms with Gasteiger partial charge in [-0.2, -0.15) is 0 Å². The SMILES string of the molecule is CC(C)(C)CC(=O)N1CSCC1C(=O)Nc1ccc(OC(F)(F)F)cc1. The molecule has 1 aliphatic heterocycles. The van der Waals surface area contributed by atoms with Crippen LogP contribution in [0.4, 0.5) is 18.9 Å². The highest BCUT2D eigenvalue weighted by Crippen LogP contribution is 2.28. The Bertz CT molecular complexity index is 657. The highest BCUT2D eigenvalue weighted by atomic mass is 32.2. The maximum atomic E-state index is 12.5. The predicted molar refractivity (Wildman–Crippen MR) is 93.8 cm³/mol. The molecule has 0 spiro atoms. The van der Waals surface area contributed by atoms with Gasteiger partial charge in [0.25, 0.3) is 0 Å². The summed E-state index contributed by atoms with van der Waals surface area (Å²) in [4.78, 5) is 26.4. The van der Waals surface area contributed by atoms with Crippen LogP contribution in [0.2, 0.25) is 0 Å². The molecule has 5 nitrogen and oxygen atoms in total. The second kappa shape index (κ2) is 7.77. The Labute approximate surface area is 154 Å². The molecule has 1 atom stereocenters. The predicted octanol–water partition coefficient (Wildman–Crippen LogP) is 3.86. The van der Waals surface area contributed by atoms with Crippen LogP contribution in [0, 0.1) is 5.41 Å². The van der Waals surface area contributed by atoms with E-state index < -0.39 is 12.4 Å². The largest absolute Gasteiger partial charge is 0.573 e. The molecule has 1 unspecified atom stereocenters. The first-order valence-electron chi connectivity index (χ1n) is 7.98. The number of alkyl halides is 3. The van der Waals surface area contributed by atoms with Crippen molar-refractivity contribution in [2.45, 2.75) is 39.6 Å². The molecule has 1 heterocycles. The lowest BCUT2D eigenvalue weighted by atomic mass is 9.91. The summed E-state index contributed by atoms with van der Waals surface area (Å²) in [6.07, 6.45) is -4.43. The van der Waals surface area contributed by atoms with Crippen molar-refractivity contribution in [1.82, 2.24) is 4.90 Å². The zero-order valence-electron chi connectivity index (χ0n) is 14.7. The summed E-state index contributed by atoms with van der Waals surface area (Å²) < 4.78 is 40.3. The smallest absolute Gasteiger partial charge is 0.406 e. The van der Waals surface area contributed by atoms with Crippen molar-refractivity contribution in [3.05, 3.63) is 24.3 Å². The topological polar surface area (TPSA) is 58.6 Å². The zero-order valence-corrected chi connectivity index (χ0v) is 15.5. The first-order chi connectivity index (χ1) is 11.9. The van der Waals surface area contributed by atoms with Crippen molar-refractivity contribution in [3.8, 4) is 5.75 Å². The Kier molecular flexibility index (Phi) is 6.10. The van der Waals surface area contributed by atoms with Crippen molar-refractivity contribution in [3.63, 3.8) is 0 Å². The molecule has 144 valence electrons. The number of hydrogen-bond acceptors (Lipinski definition) is 4. The maximum absolute atomic E-state index is 12.5. The van der Waals surface area contributed by atoms with Gasteiger partial charge in [-0.15, -0.1) is 24.9 Å². The summed E-state index contributed by atoms with van der Waals surface area (Å²) in [5.74, 6) is 0.120. The van der Waals surface area contributed by atoms with Crippen LogP contribution in [-0.2, 0) is 9.59 Å². The number of thioether (sulfide) groups is 1. The summed E-state index contributed by atoms with van der Waals surface area (Å²) in [5.41, 5.74) is 0.157. The van der Waals surface area contributed by atoms with Crippen molar-refractivity contribution in [2.75, 3.05) is 16.9 Å². The second-order valence-corrected chi connectivity index (χ2v) is 8.18. The molecule has 0 saturated carbocycles. The minimum atomic E-state index is -4.76. The van der Waals surface area contributed by atoms with Crippen molar-refractivity contribution >= 4 is 29.3 Å². The fourth-order valence-corrected chi connectivity index (χ4v) is 3.61. The number of halogens is 3. The van der Waals surface area contributed by atoms with E-state index in [1.165, 1.54) is 23.9 Å².